The molecule has 2 N–H and O–H groups in total. The lowest BCUT2D eigenvalue weighted by Crippen LogP contribution is -2.34. The number of aryl methyl sites for hydroxylation is 2. The molecule has 0 bridgehead atoms. The van der Waals surface area contributed by atoms with Gasteiger partial charge in [0.2, 0.25) is 5.91 Å². The normalized spacial score (nSPS) is 13.6. The summed E-state index contributed by atoms with van der Waals surface area (Å²) in [7, 11) is 0. The lowest BCUT2D eigenvalue weighted by Gasteiger charge is -2.19. The second-order valence-electron chi connectivity index (χ2n) is 14.5. The molecule has 4 aromatic rings. The molecule has 2 amide bonds. The van der Waals surface area contributed by atoms with Gasteiger partial charge in [-0.15, -0.1) is 21.5 Å². The molecular formula is C42H55ClN6O9S. The van der Waals surface area contributed by atoms with Crippen LogP contribution in [0.3, 0.4) is 0 Å². The molecule has 1 atom stereocenters. The SMILES string of the molecule is Cc1sc2c(c1C)C(c1ccc(Cl)cc1)=N[C@@H](CC(=O)Nc1ccc(OCCOCCOCCOCCOCCOCCNC(=O)OC(C)(C)C)cc1)c1nnc(C)n1-2. The topological polar surface area (TPSA) is 166 Å². The lowest BCUT2D eigenvalue weighted by atomic mass is 9.99. The van der Waals surface area contributed by atoms with Crippen LogP contribution in [0, 0.1) is 20.8 Å². The number of rotatable bonds is 23. The summed E-state index contributed by atoms with van der Waals surface area (Å²) in [4.78, 5) is 31.4. The molecule has 0 saturated carbocycles. The van der Waals surface area contributed by atoms with E-state index in [1.165, 1.54) is 4.88 Å². The second-order valence-corrected chi connectivity index (χ2v) is 16.2. The molecule has 320 valence electrons. The molecule has 0 saturated heterocycles. The fourth-order valence-corrected chi connectivity index (χ4v) is 7.23. The minimum Gasteiger partial charge on any atom is -0.491 e. The molecule has 0 unspecified atom stereocenters. The number of hydrogen-bond acceptors (Lipinski definition) is 13. The van der Waals surface area contributed by atoms with Crippen molar-refractivity contribution in [3.63, 3.8) is 0 Å². The Labute approximate surface area is 354 Å². The fraction of sp³-hybridized carbons (Fsp3) is 0.500. The summed E-state index contributed by atoms with van der Waals surface area (Å²) in [5, 5.41) is 16.1. The van der Waals surface area contributed by atoms with E-state index in [4.69, 9.17) is 49.8 Å². The number of thiophene rings is 1. The molecule has 2 aromatic carbocycles. The van der Waals surface area contributed by atoms with Crippen molar-refractivity contribution in [2.75, 3.05) is 84.5 Å². The largest absolute Gasteiger partial charge is 0.491 e. The first-order valence-electron chi connectivity index (χ1n) is 19.6. The number of aliphatic imine (C=N–C) groups is 1. The number of nitrogens with zero attached hydrogens (tertiary/aromatic N) is 4. The fourth-order valence-electron chi connectivity index (χ4n) is 5.89. The van der Waals surface area contributed by atoms with Gasteiger partial charge in [0.05, 0.1) is 78.2 Å². The van der Waals surface area contributed by atoms with E-state index in [1.807, 2.05) is 56.5 Å². The number of hydrogen-bond donors (Lipinski definition) is 2. The van der Waals surface area contributed by atoms with Crippen LogP contribution in [0.15, 0.2) is 53.5 Å². The highest BCUT2D eigenvalue weighted by atomic mass is 35.5. The first kappa shape index (κ1) is 45.7. The molecule has 5 rings (SSSR count). The minimum atomic E-state index is -0.569. The number of fused-ring (bicyclic) bond motifs is 3. The molecule has 1 aliphatic heterocycles. The average Bonchev–Trinajstić information content (AvgIpc) is 3.67. The summed E-state index contributed by atoms with van der Waals surface area (Å²) in [6, 6.07) is 14.2. The Morgan fingerprint density at radius 1 is 0.780 bits per heavy atom. The van der Waals surface area contributed by atoms with Crippen LogP contribution in [0.25, 0.3) is 5.00 Å². The van der Waals surface area contributed by atoms with Gasteiger partial charge in [-0.3, -0.25) is 14.4 Å². The van der Waals surface area contributed by atoms with Gasteiger partial charge in [0.1, 0.15) is 34.8 Å². The van der Waals surface area contributed by atoms with Crippen molar-refractivity contribution >= 4 is 46.3 Å². The van der Waals surface area contributed by atoms with Gasteiger partial charge in [-0.2, -0.15) is 0 Å². The summed E-state index contributed by atoms with van der Waals surface area (Å²) in [6.07, 6.45) is -0.391. The summed E-state index contributed by atoms with van der Waals surface area (Å²) in [6.45, 7) is 16.6. The number of alkyl carbamates (subject to hydrolysis) is 1. The maximum Gasteiger partial charge on any atom is 0.407 e. The lowest BCUT2D eigenvalue weighted by molar-refractivity contribution is -0.116. The maximum atomic E-state index is 13.5. The Kier molecular flexibility index (Phi) is 17.7. The minimum absolute atomic E-state index is 0.0704. The first-order chi connectivity index (χ1) is 28.4. The highest BCUT2D eigenvalue weighted by Gasteiger charge is 2.32. The zero-order chi connectivity index (χ0) is 42.2. The van der Waals surface area contributed by atoms with Crippen LogP contribution in [-0.4, -0.2) is 117 Å². The van der Waals surface area contributed by atoms with Crippen LogP contribution in [-0.2, 0) is 33.2 Å². The van der Waals surface area contributed by atoms with Crippen molar-refractivity contribution in [1.82, 2.24) is 20.1 Å². The average molecular weight is 855 g/mol. The molecule has 59 heavy (non-hydrogen) atoms. The third-order valence-electron chi connectivity index (χ3n) is 8.77. The van der Waals surface area contributed by atoms with Crippen molar-refractivity contribution in [2.24, 2.45) is 4.99 Å². The number of nitrogens with one attached hydrogen (secondary N) is 2. The summed E-state index contributed by atoms with van der Waals surface area (Å²) < 4.78 is 40.6. The van der Waals surface area contributed by atoms with Crippen molar-refractivity contribution in [1.29, 1.82) is 0 Å². The van der Waals surface area contributed by atoms with Crippen molar-refractivity contribution in [2.45, 2.75) is 59.6 Å². The Bertz CT molecular complexity index is 1980. The van der Waals surface area contributed by atoms with Gasteiger partial charge in [-0.1, -0.05) is 23.7 Å². The molecule has 0 spiro atoms. The second kappa shape index (κ2) is 22.8. The van der Waals surface area contributed by atoms with Gasteiger partial charge in [0, 0.05) is 33.3 Å². The van der Waals surface area contributed by atoms with E-state index in [0.29, 0.717) is 102 Å². The third-order valence-corrected chi connectivity index (χ3v) is 10.2. The highest BCUT2D eigenvalue weighted by molar-refractivity contribution is 7.15. The zero-order valence-corrected chi connectivity index (χ0v) is 36.2. The van der Waals surface area contributed by atoms with Gasteiger partial charge >= 0.3 is 6.09 Å². The third kappa shape index (κ3) is 14.4. The Morgan fingerprint density at radius 3 is 1.95 bits per heavy atom. The van der Waals surface area contributed by atoms with Gasteiger partial charge in [0.15, 0.2) is 5.82 Å². The molecular weight excluding hydrogens is 800 g/mol. The van der Waals surface area contributed by atoms with Gasteiger partial charge in [-0.05, 0) is 83.5 Å². The van der Waals surface area contributed by atoms with Crippen LogP contribution < -0.4 is 15.4 Å². The monoisotopic (exact) mass is 854 g/mol. The predicted octanol–water partition coefficient (Wildman–Crippen LogP) is 6.81. The van der Waals surface area contributed by atoms with E-state index in [-0.39, 0.29) is 12.3 Å². The van der Waals surface area contributed by atoms with Crippen molar-refractivity contribution in [3.8, 4) is 10.8 Å². The number of anilines is 1. The smallest absolute Gasteiger partial charge is 0.407 e. The van der Waals surface area contributed by atoms with Crippen LogP contribution in [0.1, 0.15) is 66.5 Å². The quantitative estimate of drug-likeness (QED) is 0.0753. The van der Waals surface area contributed by atoms with E-state index in [2.05, 4.69) is 34.7 Å². The molecule has 0 radical (unpaired) electrons. The van der Waals surface area contributed by atoms with Crippen LogP contribution in [0.2, 0.25) is 5.02 Å². The Balaban J connectivity index is 0.931. The summed E-state index contributed by atoms with van der Waals surface area (Å²) in [5.41, 5.74) is 3.97. The highest BCUT2D eigenvalue weighted by Crippen LogP contribution is 2.39. The van der Waals surface area contributed by atoms with E-state index in [0.717, 1.165) is 33.2 Å². The number of carbonyl (C=O) groups excluding carboxylic acids is 2. The number of aromatic nitrogens is 3. The summed E-state index contributed by atoms with van der Waals surface area (Å²) >= 11 is 7.90. The number of benzene rings is 2. The Morgan fingerprint density at radius 2 is 1.36 bits per heavy atom. The molecule has 0 aliphatic carbocycles. The molecule has 15 nitrogen and oxygen atoms in total. The van der Waals surface area contributed by atoms with Gasteiger partial charge in [0.25, 0.3) is 0 Å². The standard InChI is InChI=1S/C42H55ClN6O9S/c1-28-29(2)59-40-37(28)38(31-7-9-32(43)10-8-31)46-35(39-48-47-30(3)49(39)40)27-36(50)45-33-11-13-34(14-12-33)57-26-25-56-24-23-55-22-21-54-20-19-53-18-17-52-16-15-44-41(51)58-42(4,5)6/h7-14,35H,15-27H2,1-6H3,(H,44,51)(H,45,50)/t35-/m0/s1. The van der Waals surface area contributed by atoms with Gasteiger partial charge < -0.3 is 43.8 Å². The molecule has 0 fully saturated rings. The van der Waals surface area contributed by atoms with E-state index >= 15 is 0 Å². The molecule has 1 aliphatic rings. The van der Waals surface area contributed by atoms with Gasteiger partial charge in [-0.25, -0.2) is 4.79 Å². The first-order valence-corrected chi connectivity index (χ1v) is 20.8. The number of ether oxygens (including phenoxy) is 7. The molecule has 3 heterocycles. The number of halogens is 1. The predicted molar refractivity (Wildman–Crippen MR) is 227 cm³/mol. The van der Waals surface area contributed by atoms with Crippen molar-refractivity contribution in [3.05, 3.63) is 86.8 Å². The molecule has 17 heteroatoms. The number of carbonyl (C=O) groups is 2. The van der Waals surface area contributed by atoms with Crippen LogP contribution in [0.4, 0.5) is 10.5 Å². The number of amides is 2. The molecule has 2 aromatic heterocycles. The van der Waals surface area contributed by atoms with Crippen molar-refractivity contribution < 1.29 is 42.7 Å². The van der Waals surface area contributed by atoms with E-state index < -0.39 is 17.7 Å². The Hall–Kier alpha value is -4.42. The van der Waals surface area contributed by atoms with E-state index in [1.54, 1.807) is 35.6 Å². The van der Waals surface area contributed by atoms with E-state index in [9.17, 15) is 9.59 Å². The summed E-state index contributed by atoms with van der Waals surface area (Å²) in [5.74, 6) is 1.81. The zero-order valence-electron chi connectivity index (χ0n) is 34.6. The maximum absolute atomic E-state index is 13.5. The van der Waals surface area contributed by atoms with Crippen LogP contribution >= 0.6 is 22.9 Å². The van der Waals surface area contributed by atoms with Crippen LogP contribution in [0.5, 0.6) is 5.75 Å².